The Bertz CT molecular complexity index is 2100. The highest BCUT2D eigenvalue weighted by Crippen LogP contribution is 2.43. The number of aromatic nitrogens is 1. The maximum Gasteiger partial charge on any atom is 0.268 e. The smallest absolute Gasteiger partial charge is 0.268 e. The van der Waals surface area contributed by atoms with E-state index in [2.05, 4.69) is 18.2 Å². The number of rotatable bonds is 10. The van der Waals surface area contributed by atoms with Gasteiger partial charge in [-0.15, -0.1) is 11.3 Å². The molecular formula is C29H26FN2O7S4+. The van der Waals surface area contributed by atoms with Gasteiger partial charge in [0.25, 0.3) is 25.2 Å². The summed E-state index contributed by atoms with van der Waals surface area (Å²) in [6.07, 6.45) is 1.97. The van der Waals surface area contributed by atoms with Gasteiger partial charge in [0.05, 0.1) is 23.3 Å². The van der Waals surface area contributed by atoms with Crippen LogP contribution in [0.4, 0.5) is 10.1 Å². The summed E-state index contributed by atoms with van der Waals surface area (Å²) in [6, 6.07) is 18.4. The van der Waals surface area contributed by atoms with Crippen LogP contribution in [0.3, 0.4) is 0 Å². The van der Waals surface area contributed by atoms with E-state index in [-0.39, 0.29) is 25.9 Å². The van der Waals surface area contributed by atoms with Gasteiger partial charge < -0.3 is 9.64 Å². The second kappa shape index (κ2) is 11.6. The Morgan fingerprint density at radius 2 is 1.63 bits per heavy atom. The summed E-state index contributed by atoms with van der Waals surface area (Å²) in [4.78, 5) is 1.83. The van der Waals surface area contributed by atoms with Crippen molar-refractivity contribution in [1.82, 2.24) is 0 Å². The maximum atomic E-state index is 14.2. The number of thiophene rings is 1. The van der Waals surface area contributed by atoms with Gasteiger partial charge >= 0.3 is 0 Å². The third-order valence-corrected chi connectivity index (χ3v) is 10.6. The molecule has 43 heavy (non-hydrogen) atoms. The maximum absolute atomic E-state index is 14.2. The summed E-state index contributed by atoms with van der Waals surface area (Å²) in [5.74, 6) is -0.376. The van der Waals surface area contributed by atoms with E-state index in [9.17, 15) is 30.3 Å². The number of halogens is 1. The molecule has 9 nitrogen and oxygen atoms in total. The van der Waals surface area contributed by atoms with E-state index >= 15 is 0 Å². The predicted molar refractivity (Wildman–Crippen MR) is 167 cm³/mol. The first kappa shape index (κ1) is 29.7. The number of nitrogens with zero attached hydrogens (tertiary/aromatic N) is 2. The summed E-state index contributed by atoms with van der Waals surface area (Å²) in [5.41, 5.74) is 3.23. The van der Waals surface area contributed by atoms with E-state index in [1.54, 1.807) is 28.0 Å². The van der Waals surface area contributed by atoms with E-state index in [1.807, 2.05) is 34.5 Å². The first-order chi connectivity index (χ1) is 20.4. The predicted octanol–water partition coefficient (Wildman–Crippen LogP) is 5.96. The molecule has 14 heteroatoms. The monoisotopic (exact) mass is 661 g/mol. The fraction of sp³-hybridized carbons (Fsp3) is 0.207. The van der Waals surface area contributed by atoms with Crippen LogP contribution in [0.1, 0.15) is 17.8 Å². The van der Waals surface area contributed by atoms with Crippen LogP contribution >= 0.6 is 22.7 Å². The molecule has 0 amide bonds. The summed E-state index contributed by atoms with van der Waals surface area (Å²) < 4.78 is 88.4. The van der Waals surface area contributed by atoms with Crippen molar-refractivity contribution in [3.8, 4) is 16.9 Å². The minimum Gasteiger partial charge on any atom is -0.438 e. The van der Waals surface area contributed by atoms with Crippen molar-refractivity contribution < 1.29 is 39.6 Å². The number of ether oxygens (including phenoxy) is 1. The average molecular weight is 662 g/mol. The second-order valence-corrected chi connectivity index (χ2v) is 15.2. The van der Waals surface area contributed by atoms with Gasteiger partial charge in [-0.1, -0.05) is 29.5 Å². The van der Waals surface area contributed by atoms with Gasteiger partial charge in [0.15, 0.2) is 12.3 Å². The van der Waals surface area contributed by atoms with E-state index in [0.29, 0.717) is 22.2 Å². The second-order valence-electron chi connectivity index (χ2n) is 10.1. The molecule has 3 aromatic carbocycles. The third-order valence-electron chi connectivity index (χ3n) is 7.03. The molecule has 0 saturated carbocycles. The molecule has 0 bridgehead atoms. The lowest BCUT2D eigenvalue weighted by Gasteiger charge is -2.18. The molecule has 0 atom stereocenters. The first-order valence-corrected chi connectivity index (χ1v) is 18.2. The number of aryl methyl sites for hydroxylation is 1. The van der Waals surface area contributed by atoms with Crippen LogP contribution in [0, 0.1) is 5.82 Å². The molecule has 0 saturated heterocycles. The quantitative estimate of drug-likeness (QED) is 0.139. The molecule has 224 valence electrons. The van der Waals surface area contributed by atoms with Gasteiger partial charge in [0, 0.05) is 23.7 Å². The molecule has 0 radical (unpaired) electrons. The Balaban J connectivity index is 1.40. The van der Waals surface area contributed by atoms with Crippen LogP contribution in [0.5, 0.6) is 5.75 Å². The van der Waals surface area contributed by atoms with Gasteiger partial charge in [-0.2, -0.15) is 21.4 Å². The highest BCUT2D eigenvalue weighted by Gasteiger charge is 2.30. The van der Waals surface area contributed by atoms with Gasteiger partial charge in [0.1, 0.15) is 10.5 Å². The molecule has 3 heterocycles. The average Bonchev–Trinajstić information content (AvgIpc) is 3.63. The Morgan fingerprint density at radius 3 is 2.42 bits per heavy atom. The van der Waals surface area contributed by atoms with Crippen molar-refractivity contribution in [3.63, 3.8) is 0 Å². The molecule has 0 aliphatic carbocycles. The van der Waals surface area contributed by atoms with Crippen LogP contribution in [0.2, 0.25) is 0 Å². The summed E-state index contributed by atoms with van der Waals surface area (Å²) in [6.45, 7) is 0.404. The Morgan fingerprint density at radius 1 is 0.884 bits per heavy atom. The lowest BCUT2D eigenvalue weighted by molar-refractivity contribution is -0.668. The zero-order valence-corrected chi connectivity index (χ0v) is 25.8. The van der Waals surface area contributed by atoms with E-state index in [0.717, 1.165) is 31.6 Å². The van der Waals surface area contributed by atoms with Crippen LogP contribution in [0.15, 0.2) is 71.9 Å². The molecule has 0 fully saturated rings. The number of thiazole rings is 1. The van der Waals surface area contributed by atoms with Crippen LogP contribution in [-0.4, -0.2) is 44.0 Å². The normalized spacial score (nSPS) is 14.6. The number of hydrogen-bond donors (Lipinski definition) is 2. The molecular weight excluding hydrogens is 636 g/mol. The lowest BCUT2D eigenvalue weighted by atomic mass is 10.0. The van der Waals surface area contributed by atoms with Gasteiger partial charge in [0.2, 0.25) is 11.4 Å². The van der Waals surface area contributed by atoms with Crippen molar-refractivity contribution >= 4 is 75.0 Å². The van der Waals surface area contributed by atoms with Crippen LogP contribution in [0.25, 0.3) is 37.5 Å². The summed E-state index contributed by atoms with van der Waals surface area (Å²) in [5, 5.41) is 3.83. The third kappa shape index (κ3) is 6.74. The fourth-order valence-electron chi connectivity index (χ4n) is 5.08. The number of fused-ring (bicyclic) bond motifs is 3. The molecule has 2 N–H and O–H groups in total. The number of benzene rings is 3. The summed E-state index contributed by atoms with van der Waals surface area (Å²) in [7, 11) is -8.36. The van der Waals surface area contributed by atoms with Crippen molar-refractivity contribution in [3.05, 3.63) is 82.8 Å². The molecule has 0 spiro atoms. The van der Waals surface area contributed by atoms with E-state index < -0.39 is 37.6 Å². The highest BCUT2D eigenvalue weighted by molar-refractivity contribution is 7.86. The largest absolute Gasteiger partial charge is 0.438 e. The minimum absolute atomic E-state index is 0.0963. The molecule has 5 aromatic rings. The minimum atomic E-state index is -4.18. The molecule has 6 rings (SSSR count). The Hall–Kier alpha value is -3.40. The lowest BCUT2D eigenvalue weighted by Crippen LogP contribution is -2.36. The molecule has 2 aromatic heterocycles. The Labute approximate surface area is 255 Å². The van der Waals surface area contributed by atoms with Crippen LogP contribution in [-0.2, 0) is 26.8 Å². The summed E-state index contributed by atoms with van der Waals surface area (Å²) >= 11 is 3.01. The zero-order valence-electron chi connectivity index (χ0n) is 22.5. The molecule has 1 aliphatic rings. The van der Waals surface area contributed by atoms with Crippen molar-refractivity contribution in [2.24, 2.45) is 0 Å². The highest BCUT2D eigenvalue weighted by atomic mass is 32.2. The van der Waals surface area contributed by atoms with E-state index in [1.165, 1.54) is 23.5 Å². The fourth-order valence-corrected chi connectivity index (χ4v) is 7.99. The van der Waals surface area contributed by atoms with E-state index in [4.69, 9.17) is 4.74 Å². The standard InChI is InChI=1S/C29H25FN2O7S4/c30-22-6-8-26-24(17-22)32(11-2-14-43(36,37)38)29(41-26)18-28-31(10-1-13-42(33,34)35)23-15-20(5-7-25(23)39-28)21-4-3-19-9-12-40-27(19)16-21/h3-9,12,15-18H,1-2,10-11,13-14H2,(H-,33,34,35,36,37,38)/p+1. The Kier molecular flexibility index (Phi) is 8.00. The SMILES string of the molecule is O=S(=O)(O)CCCN1C(=Cc2sc3ccc(F)cc3[n+]2CCCS(=O)(=O)O)Oc2ccc(-c3ccc4ccsc4c3)cc21. The molecule has 1 aliphatic heterocycles. The number of hydrogen-bond acceptors (Lipinski definition) is 8. The van der Waals surface area contributed by atoms with Gasteiger partial charge in [-0.3, -0.25) is 9.11 Å². The van der Waals surface area contributed by atoms with Crippen molar-refractivity contribution in [2.45, 2.75) is 19.4 Å². The van der Waals surface area contributed by atoms with Crippen molar-refractivity contribution in [2.75, 3.05) is 23.0 Å². The van der Waals surface area contributed by atoms with Crippen LogP contribution < -0.4 is 14.2 Å². The topological polar surface area (TPSA) is 125 Å². The zero-order chi connectivity index (χ0) is 30.4. The number of anilines is 1. The first-order valence-electron chi connectivity index (χ1n) is 13.2. The van der Waals surface area contributed by atoms with Gasteiger partial charge in [-0.25, -0.2) is 4.39 Å². The molecule has 0 unspecified atom stereocenters. The van der Waals surface area contributed by atoms with Gasteiger partial charge in [-0.05, 0) is 64.7 Å². The van der Waals surface area contributed by atoms with Crippen molar-refractivity contribution in [1.29, 1.82) is 0 Å².